The summed E-state index contributed by atoms with van der Waals surface area (Å²) in [7, 11) is 3.52. The number of H-pyrrole nitrogens is 1. The van der Waals surface area contributed by atoms with Crippen LogP contribution in [-0.4, -0.2) is 70.1 Å². The lowest BCUT2D eigenvalue weighted by molar-refractivity contribution is -0.145. The first kappa shape index (κ1) is 24.6. The van der Waals surface area contributed by atoms with Gasteiger partial charge < -0.3 is 19.7 Å². The molecule has 9 nitrogen and oxygen atoms in total. The lowest BCUT2D eigenvalue weighted by Gasteiger charge is -2.08. The third-order valence-corrected chi connectivity index (χ3v) is 5.43. The number of carboxylic acids is 1. The summed E-state index contributed by atoms with van der Waals surface area (Å²) in [4.78, 5) is 25.4. The van der Waals surface area contributed by atoms with Crippen molar-refractivity contribution in [3.63, 3.8) is 0 Å². The van der Waals surface area contributed by atoms with Gasteiger partial charge in [0.1, 0.15) is 0 Å². The van der Waals surface area contributed by atoms with E-state index in [1.165, 1.54) is 19.7 Å². The molecular weight excluding hydrogens is 398 g/mol. The molecule has 1 aromatic carbocycles. The second kappa shape index (κ2) is 11.5. The number of sulfonamides is 1. The van der Waals surface area contributed by atoms with Crippen LogP contribution in [0.4, 0.5) is 0 Å². The van der Waals surface area contributed by atoms with Gasteiger partial charge in [-0.1, -0.05) is 6.07 Å². The molecule has 2 aromatic rings. The quantitative estimate of drug-likeness (QED) is 0.515. The number of ether oxygens (including phenoxy) is 1. The largest absolute Gasteiger partial charge is 0.481 e. The average molecular weight is 428 g/mol. The maximum atomic E-state index is 11.6. The zero-order valence-corrected chi connectivity index (χ0v) is 18.0. The number of hydrogen-bond donors (Lipinski definition) is 3. The van der Waals surface area contributed by atoms with Crippen LogP contribution in [-0.2, 0) is 36.5 Å². The number of carbonyl (C=O) groups excluding carboxylic acids is 1. The van der Waals surface area contributed by atoms with E-state index in [2.05, 4.69) is 19.3 Å². The van der Waals surface area contributed by atoms with E-state index in [0.29, 0.717) is 0 Å². The van der Waals surface area contributed by atoms with Gasteiger partial charge in [0.15, 0.2) is 0 Å². The van der Waals surface area contributed by atoms with Crippen LogP contribution in [0.25, 0.3) is 10.9 Å². The molecule has 162 valence electrons. The Bertz CT molecular complexity index is 921. The van der Waals surface area contributed by atoms with Crippen LogP contribution in [0, 0.1) is 0 Å². The summed E-state index contributed by atoms with van der Waals surface area (Å²) in [5.74, 6) is -1.46. The Labute approximate surface area is 171 Å². The monoisotopic (exact) mass is 427 g/mol. The van der Waals surface area contributed by atoms with E-state index in [1.54, 1.807) is 0 Å². The van der Waals surface area contributed by atoms with Crippen molar-refractivity contribution >= 4 is 32.9 Å². The molecule has 1 heterocycles. The summed E-state index contributed by atoms with van der Waals surface area (Å²) < 4.78 is 29.8. The number of nitrogens with one attached hydrogen (secondary N) is 2. The number of hydrogen-bond acceptors (Lipinski definition) is 6. The Morgan fingerprint density at radius 2 is 1.93 bits per heavy atom. The highest BCUT2D eigenvalue weighted by atomic mass is 32.2. The first-order valence-electron chi connectivity index (χ1n) is 9.01. The summed E-state index contributed by atoms with van der Waals surface area (Å²) in [6.45, 7) is 0.964. The minimum Gasteiger partial charge on any atom is -0.481 e. The Kier molecular flexibility index (Phi) is 9.79. The van der Waals surface area contributed by atoms with E-state index in [4.69, 9.17) is 5.11 Å². The average Bonchev–Trinajstić information content (AvgIpc) is 3.06. The van der Waals surface area contributed by atoms with Gasteiger partial charge >= 0.3 is 11.9 Å². The molecule has 0 aliphatic rings. The first-order valence-corrected chi connectivity index (χ1v) is 10.7. The summed E-state index contributed by atoms with van der Waals surface area (Å²) >= 11 is 0. The van der Waals surface area contributed by atoms with Gasteiger partial charge in [0, 0.05) is 23.6 Å². The molecule has 0 atom stereocenters. The molecule has 29 heavy (non-hydrogen) atoms. The van der Waals surface area contributed by atoms with E-state index in [-0.39, 0.29) is 18.6 Å². The second-order valence-corrected chi connectivity index (χ2v) is 8.61. The summed E-state index contributed by atoms with van der Waals surface area (Å²) in [6.07, 6.45) is 2.73. The summed E-state index contributed by atoms with van der Waals surface area (Å²) in [6, 6.07) is 5.75. The number of fused-ring (bicyclic) bond motifs is 1. The first-order chi connectivity index (χ1) is 13.6. The number of aromatic amines is 1. The number of methoxy groups -OCH3 is 1. The number of likely N-dealkylation sites (N-methyl/N-ethyl adjacent to an activating group) is 1. The van der Waals surface area contributed by atoms with Gasteiger partial charge in [-0.25, -0.2) is 13.1 Å². The van der Waals surface area contributed by atoms with Gasteiger partial charge in [0.05, 0.1) is 25.7 Å². The van der Waals surface area contributed by atoms with Crippen molar-refractivity contribution in [1.29, 1.82) is 0 Å². The number of benzene rings is 1. The van der Waals surface area contributed by atoms with E-state index >= 15 is 0 Å². The number of rotatable bonds is 9. The molecule has 10 heteroatoms. The molecule has 3 N–H and O–H groups in total. The van der Waals surface area contributed by atoms with Crippen LogP contribution in [0.5, 0.6) is 0 Å². The van der Waals surface area contributed by atoms with E-state index < -0.39 is 22.0 Å². The van der Waals surface area contributed by atoms with Crippen LogP contribution >= 0.6 is 0 Å². The summed E-state index contributed by atoms with van der Waals surface area (Å²) in [5, 5.41) is 9.16. The standard InChI is InChI=1S/C14H21N3O2S.C5H8O4/c1-15-20(18,19)10-11-4-5-14-13(8-11)12(9-16-14)6-7-17(2)3;1-9-5(8)3-2-4(6)7/h4-5,8-9,15-16H,6-7,10H2,1-3H3;2-3H2,1H3,(H,6,7). The fourth-order valence-electron chi connectivity index (χ4n) is 2.47. The topological polar surface area (TPSA) is 129 Å². The van der Waals surface area contributed by atoms with Gasteiger partial charge in [-0.05, 0) is 50.8 Å². The smallest absolute Gasteiger partial charge is 0.306 e. The molecule has 0 saturated carbocycles. The number of nitrogens with zero attached hydrogens (tertiary/aromatic N) is 1. The molecule has 0 fully saturated rings. The predicted molar refractivity (Wildman–Crippen MR) is 111 cm³/mol. The van der Waals surface area contributed by atoms with Crippen LogP contribution in [0.3, 0.4) is 0 Å². The molecular formula is C19H29N3O6S. The molecule has 0 bridgehead atoms. The Hall–Kier alpha value is -2.43. The highest BCUT2D eigenvalue weighted by molar-refractivity contribution is 7.88. The second-order valence-electron chi connectivity index (χ2n) is 6.68. The number of aliphatic carboxylic acids is 1. The van der Waals surface area contributed by atoms with Gasteiger partial charge in [0.25, 0.3) is 0 Å². The van der Waals surface area contributed by atoms with Gasteiger partial charge in [-0.15, -0.1) is 0 Å². The van der Waals surface area contributed by atoms with Crippen molar-refractivity contribution in [1.82, 2.24) is 14.6 Å². The molecule has 2 rings (SSSR count). The molecule has 0 radical (unpaired) electrons. The van der Waals surface area contributed by atoms with E-state index in [1.807, 2.05) is 38.5 Å². The molecule has 0 amide bonds. The minimum absolute atomic E-state index is 0.0116. The summed E-state index contributed by atoms with van der Waals surface area (Å²) in [5.41, 5.74) is 3.07. The number of carbonyl (C=O) groups is 2. The highest BCUT2D eigenvalue weighted by Gasteiger charge is 2.11. The maximum Gasteiger partial charge on any atom is 0.306 e. The molecule has 0 aliphatic heterocycles. The predicted octanol–water partition coefficient (Wildman–Crippen LogP) is 1.35. The van der Waals surface area contributed by atoms with Crippen molar-refractivity contribution in [2.24, 2.45) is 0 Å². The lowest BCUT2D eigenvalue weighted by atomic mass is 10.1. The third-order valence-electron chi connectivity index (χ3n) is 4.10. The van der Waals surface area contributed by atoms with Crippen LogP contribution < -0.4 is 4.72 Å². The minimum atomic E-state index is -3.23. The van der Waals surface area contributed by atoms with Crippen LogP contribution in [0.2, 0.25) is 0 Å². The van der Waals surface area contributed by atoms with Crippen molar-refractivity contribution in [2.45, 2.75) is 25.0 Å². The van der Waals surface area contributed by atoms with Gasteiger partial charge in [0.2, 0.25) is 10.0 Å². The van der Waals surface area contributed by atoms with Crippen molar-refractivity contribution in [3.05, 3.63) is 35.5 Å². The zero-order chi connectivity index (χ0) is 22.0. The van der Waals surface area contributed by atoms with Crippen molar-refractivity contribution in [3.8, 4) is 0 Å². The van der Waals surface area contributed by atoms with Crippen LogP contribution in [0.1, 0.15) is 24.0 Å². The van der Waals surface area contributed by atoms with E-state index in [9.17, 15) is 18.0 Å². The normalized spacial score (nSPS) is 11.2. The molecule has 0 aliphatic carbocycles. The third kappa shape index (κ3) is 9.07. The van der Waals surface area contributed by atoms with Crippen LogP contribution in [0.15, 0.2) is 24.4 Å². The zero-order valence-electron chi connectivity index (χ0n) is 17.2. The number of esters is 1. The Morgan fingerprint density at radius 3 is 2.48 bits per heavy atom. The van der Waals surface area contributed by atoms with E-state index in [0.717, 1.165) is 29.4 Å². The Balaban J connectivity index is 0.000000396. The van der Waals surface area contributed by atoms with Crippen molar-refractivity contribution < 1.29 is 27.9 Å². The highest BCUT2D eigenvalue weighted by Crippen LogP contribution is 2.21. The lowest BCUT2D eigenvalue weighted by Crippen LogP contribution is -2.20. The molecule has 0 spiro atoms. The number of aromatic nitrogens is 1. The Morgan fingerprint density at radius 1 is 1.24 bits per heavy atom. The van der Waals surface area contributed by atoms with Gasteiger partial charge in [-0.2, -0.15) is 0 Å². The fourth-order valence-corrected chi connectivity index (χ4v) is 3.23. The van der Waals surface area contributed by atoms with Gasteiger partial charge in [-0.3, -0.25) is 9.59 Å². The molecule has 1 aromatic heterocycles. The fraction of sp³-hybridized carbons (Fsp3) is 0.474. The molecule has 0 unspecified atom stereocenters. The maximum absolute atomic E-state index is 11.6. The number of carboxylic acid groups (broad SMARTS) is 1. The molecule has 0 saturated heterocycles. The van der Waals surface area contributed by atoms with Crippen molar-refractivity contribution in [2.75, 3.05) is 34.8 Å². The SMILES string of the molecule is CNS(=O)(=O)Cc1ccc2[nH]cc(CCN(C)C)c2c1.COC(=O)CCC(=O)O.